The van der Waals surface area contributed by atoms with Crippen molar-refractivity contribution in [1.29, 1.82) is 0 Å². The number of fused-ring (bicyclic) bond motifs is 2. The minimum Gasteiger partial charge on any atom is -0.337 e. The van der Waals surface area contributed by atoms with Crippen LogP contribution in [0.25, 0.3) is 0 Å². The number of carbonyl (C=O) groups is 1. The van der Waals surface area contributed by atoms with Crippen molar-refractivity contribution in [1.82, 2.24) is 25.1 Å². The summed E-state index contributed by atoms with van der Waals surface area (Å²) >= 11 is 0. The number of nitrogens with zero attached hydrogens (tertiary/aromatic N) is 4. The van der Waals surface area contributed by atoms with E-state index < -0.39 is 0 Å². The highest BCUT2D eigenvalue weighted by Gasteiger charge is 2.27. The Morgan fingerprint density at radius 3 is 2.70 bits per heavy atom. The van der Waals surface area contributed by atoms with Crippen LogP contribution < -0.4 is 5.32 Å². The molecule has 1 aromatic carbocycles. The van der Waals surface area contributed by atoms with Gasteiger partial charge in [-0.25, -0.2) is 9.97 Å². The fourth-order valence-corrected chi connectivity index (χ4v) is 4.42. The van der Waals surface area contributed by atoms with Crippen molar-refractivity contribution in [2.24, 2.45) is 0 Å². The maximum absolute atomic E-state index is 12.8. The summed E-state index contributed by atoms with van der Waals surface area (Å²) < 4.78 is 0. The van der Waals surface area contributed by atoms with Crippen molar-refractivity contribution in [3.63, 3.8) is 0 Å². The maximum atomic E-state index is 12.8. The number of hydrogen-bond acceptors (Lipinski definition) is 5. The molecule has 1 amide bonds. The van der Waals surface area contributed by atoms with E-state index in [2.05, 4.69) is 39.5 Å². The topological polar surface area (TPSA) is 61.4 Å². The van der Waals surface area contributed by atoms with Crippen LogP contribution in [-0.2, 0) is 30.8 Å². The lowest BCUT2D eigenvalue weighted by Crippen LogP contribution is -2.41. The summed E-state index contributed by atoms with van der Waals surface area (Å²) in [6.07, 6.45) is 3.89. The molecule has 1 N–H and O–H groups in total. The number of hydrogen-bond donors (Lipinski definition) is 1. The van der Waals surface area contributed by atoms with E-state index in [4.69, 9.17) is 4.98 Å². The molecular formula is C21H25N5O. The van der Waals surface area contributed by atoms with Gasteiger partial charge in [0.2, 0.25) is 5.91 Å². The monoisotopic (exact) mass is 363 g/mol. The van der Waals surface area contributed by atoms with Gasteiger partial charge in [-0.05, 0) is 24.1 Å². The molecule has 0 bridgehead atoms. The molecule has 0 radical (unpaired) electrons. The molecule has 1 unspecified atom stereocenters. The average Bonchev–Trinajstić information content (AvgIpc) is 3.36. The van der Waals surface area contributed by atoms with Gasteiger partial charge in [-0.3, -0.25) is 9.69 Å². The summed E-state index contributed by atoms with van der Waals surface area (Å²) in [5.41, 5.74) is 4.92. The van der Waals surface area contributed by atoms with Crippen molar-refractivity contribution in [2.75, 3.05) is 26.2 Å². The first kappa shape index (κ1) is 16.8. The molecule has 1 aromatic heterocycles. The van der Waals surface area contributed by atoms with Gasteiger partial charge in [0.25, 0.3) is 0 Å². The summed E-state index contributed by atoms with van der Waals surface area (Å²) in [7, 11) is 0. The molecule has 6 heteroatoms. The maximum Gasteiger partial charge on any atom is 0.237 e. The van der Waals surface area contributed by atoms with Gasteiger partial charge in [0, 0.05) is 56.8 Å². The zero-order valence-electron chi connectivity index (χ0n) is 15.5. The minimum atomic E-state index is 0.206. The van der Waals surface area contributed by atoms with Crippen LogP contribution in [0, 0.1) is 0 Å². The molecule has 1 fully saturated rings. The third-order valence-corrected chi connectivity index (χ3v) is 6.00. The third kappa shape index (κ3) is 3.35. The van der Waals surface area contributed by atoms with Crippen molar-refractivity contribution >= 4 is 5.91 Å². The van der Waals surface area contributed by atoms with Crippen LogP contribution in [0.15, 0.2) is 30.5 Å². The second kappa shape index (κ2) is 7.02. The largest absolute Gasteiger partial charge is 0.337 e. The Hall–Kier alpha value is -2.31. The highest BCUT2D eigenvalue weighted by atomic mass is 16.2. The molecule has 2 aromatic rings. The molecule has 1 saturated heterocycles. The Balaban J connectivity index is 1.22. The number of amides is 1. The van der Waals surface area contributed by atoms with Gasteiger partial charge in [0.15, 0.2) is 0 Å². The van der Waals surface area contributed by atoms with E-state index in [1.54, 1.807) is 0 Å². The summed E-state index contributed by atoms with van der Waals surface area (Å²) in [6.45, 7) is 5.64. The smallest absolute Gasteiger partial charge is 0.237 e. The van der Waals surface area contributed by atoms with Crippen LogP contribution in [0.1, 0.15) is 40.5 Å². The van der Waals surface area contributed by atoms with E-state index >= 15 is 0 Å². The lowest BCUT2D eigenvalue weighted by molar-refractivity contribution is -0.133. The summed E-state index contributed by atoms with van der Waals surface area (Å²) in [5, 5.41) is 3.38. The van der Waals surface area contributed by atoms with Crippen LogP contribution in [-0.4, -0.2) is 51.9 Å². The molecule has 27 heavy (non-hydrogen) atoms. The zero-order valence-corrected chi connectivity index (χ0v) is 15.5. The minimum absolute atomic E-state index is 0.206. The number of aromatic nitrogens is 2. The molecule has 1 atom stereocenters. The number of benzene rings is 1. The number of nitrogens with one attached hydrogen (secondary N) is 1. The van der Waals surface area contributed by atoms with Gasteiger partial charge in [0.05, 0.1) is 12.2 Å². The molecular weight excluding hydrogens is 338 g/mol. The molecule has 3 aliphatic rings. The van der Waals surface area contributed by atoms with E-state index in [1.165, 1.54) is 11.1 Å². The van der Waals surface area contributed by atoms with Gasteiger partial charge >= 0.3 is 0 Å². The molecule has 0 spiro atoms. The van der Waals surface area contributed by atoms with E-state index in [0.29, 0.717) is 19.0 Å². The average molecular weight is 363 g/mol. The van der Waals surface area contributed by atoms with Gasteiger partial charge in [-0.1, -0.05) is 24.3 Å². The second-order valence-electron chi connectivity index (χ2n) is 7.87. The van der Waals surface area contributed by atoms with Crippen molar-refractivity contribution in [3.05, 3.63) is 58.7 Å². The fraction of sp³-hybridized carbons (Fsp3) is 0.476. The Labute approximate surface area is 159 Å². The first-order chi connectivity index (χ1) is 13.3. The fourth-order valence-electron chi connectivity index (χ4n) is 4.42. The number of rotatable bonds is 3. The normalized spacial score (nSPS) is 21.9. The Morgan fingerprint density at radius 1 is 1.15 bits per heavy atom. The Kier molecular flexibility index (Phi) is 4.38. The molecule has 6 nitrogen and oxygen atoms in total. The van der Waals surface area contributed by atoms with E-state index in [0.717, 1.165) is 62.6 Å². The predicted octanol–water partition coefficient (Wildman–Crippen LogP) is 1.45. The Bertz CT molecular complexity index is 836. The standard InChI is InChI=1S/C21H25N5O/c27-20(14-25-11-16-3-1-2-4-17(16)12-25)26-8-6-19-18(13-26)10-23-21(24-19)15-5-7-22-9-15/h1-4,10,15,22H,5-9,11-14H2. The quantitative estimate of drug-likeness (QED) is 0.895. The summed E-state index contributed by atoms with van der Waals surface area (Å²) in [4.78, 5) is 26.4. The predicted molar refractivity (Wildman–Crippen MR) is 102 cm³/mol. The molecule has 140 valence electrons. The highest BCUT2D eigenvalue weighted by Crippen LogP contribution is 2.24. The van der Waals surface area contributed by atoms with E-state index in [9.17, 15) is 4.79 Å². The lowest BCUT2D eigenvalue weighted by atomic mass is 10.0. The number of carbonyl (C=O) groups excluding carboxylic acids is 1. The van der Waals surface area contributed by atoms with Crippen molar-refractivity contribution in [3.8, 4) is 0 Å². The second-order valence-corrected chi connectivity index (χ2v) is 7.87. The Morgan fingerprint density at radius 2 is 1.96 bits per heavy atom. The molecule has 3 aliphatic heterocycles. The molecule has 0 saturated carbocycles. The SMILES string of the molecule is O=C(CN1Cc2ccccc2C1)N1CCc2nc(C3CCNC3)ncc2C1. The van der Waals surface area contributed by atoms with E-state index in [-0.39, 0.29) is 5.91 Å². The first-order valence-corrected chi connectivity index (χ1v) is 9.88. The molecule has 4 heterocycles. The van der Waals surface area contributed by atoms with Gasteiger partial charge in [0.1, 0.15) is 5.82 Å². The van der Waals surface area contributed by atoms with Gasteiger partial charge < -0.3 is 10.2 Å². The highest BCUT2D eigenvalue weighted by molar-refractivity contribution is 5.78. The van der Waals surface area contributed by atoms with Gasteiger partial charge in [-0.2, -0.15) is 0 Å². The first-order valence-electron chi connectivity index (χ1n) is 9.88. The van der Waals surface area contributed by atoms with Crippen LogP contribution in [0.4, 0.5) is 0 Å². The third-order valence-electron chi connectivity index (χ3n) is 6.00. The van der Waals surface area contributed by atoms with Crippen LogP contribution >= 0.6 is 0 Å². The van der Waals surface area contributed by atoms with Crippen molar-refractivity contribution < 1.29 is 4.79 Å². The van der Waals surface area contributed by atoms with Crippen LogP contribution in [0.2, 0.25) is 0 Å². The van der Waals surface area contributed by atoms with Crippen molar-refractivity contribution in [2.45, 2.75) is 38.4 Å². The zero-order chi connectivity index (χ0) is 18.2. The summed E-state index contributed by atoms with van der Waals surface area (Å²) in [6, 6.07) is 8.46. The molecule has 0 aliphatic carbocycles. The lowest BCUT2D eigenvalue weighted by Gasteiger charge is -2.30. The van der Waals surface area contributed by atoms with E-state index in [1.807, 2.05) is 11.1 Å². The van der Waals surface area contributed by atoms with Gasteiger partial charge in [-0.15, -0.1) is 0 Å². The summed E-state index contributed by atoms with van der Waals surface area (Å²) in [5.74, 6) is 1.61. The van der Waals surface area contributed by atoms with Crippen LogP contribution in [0.3, 0.4) is 0 Å². The molecule has 5 rings (SSSR count). The van der Waals surface area contributed by atoms with Crippen LogP contribution in [0.5, 0.6) is 0 Å².